The minimum atomic E-state index is -0.0230. The summed E-state index contributed by atoms with van der Waals surface area (Å²) in [6.45, 7) is 9.44. The summed E-state index contributed by atoms with van der Waals surface area (Å²) in [6.07, 6.45) is 0. The normalized spacial score (nSPS) is 15.1. The summed E-state index contributed by atoms with van der Waals surface area (Å²) in [5.41, 5.74) is 23.5. The van der Waals surface area contributed by atoms with Gasteiger partial charge >= 0.3 is 0 Å². The molecule has 0 N–H and O–H groups in total. The van der Waals surface area contributed by atoms with Crippen LogP contribution in [0.5, 0.6) is 0 Å². The summed E-state index contributed by atoms with van der Waals surface area (Å²) in [6, 6.07) is 59.9. The lowest BCUT2D eigenvalue weighted by molar-refractivity contribution is 0.660. The van der Waals surface area contributed by atoms with Crippen LogP contribution >= 0.6 is 0 Å². The van der Waals surface area contributed by atoms with E-state index in [2.05, 4.69) is 194 Å². The van der Waals surface area contributed by atoms with Crippen molar-refractivity contribution in [2.45, 2.75) is 38.5 Å². The number of hydrogen-bond acceptors (Lipinski definition) is 0. The van der Waals surface area contributed by atoms with Gasteiger partial charge in [0, 0.05) is 32.4 Å². The number of fused-ring (bicyclic) bond motifs is 14. The minimum Gasteiger partial charge on any atom is -0.305 e. The van der Waals surface area contributed by atoms with Crippen molar-refractivity contribution in [1.82, 2.24) is 8.80 Å². The third-order valence-corrected chi connectivity index (χ3v) is 13.9. The number of benzene rings is 8. The van der Waals surface area contributed by atoms with Crippen LogP contribution in [0.2, 0.25) is 0 Å². The monoisotopic (exact) mass is 714 g/mol. The molecule has 264 valence electrons. The van der Waals surface area contributed by atoms with E-state index in [0.717, 1.165) is 0 Å². The van der Waals surface area contributed by atoms with Gasteiger partial charge in [0.1, 0.15) is 0 Å². The van der Waals surface area contributed by atoms with E-state index < -0.39 is 0 Å². The van der Waals surface area contributed by atoms with Gasteiger partial charge in [0.25, 0.3) is 0 Å². The zero-order valence-electron chi connectivity index (χ0n) is 31.9. The van der Waals surface area contributed by atoms with E-state index in [1.54, 1.807) is 0 Å². The van der Waals surface area contributed by atoms with Gasteiger partial charge in [0.15, 0.2) is 0 Å². The maximum atomic E-state index is 2.56. The molecule has 0 saturated carbocycles. The molecule has 0 atom stereocenters. The molecule has 0 unspecified atom stereocenters. The van der Waals surface area contributed by atoms with Crippen molar-refractivity contribution in [3.63, 3.8) is 0 Å². The topological polar surface area (TPSA) is 8.82 Å². The third-order valence-electron chi connectivity index (χ3n) is 13.9. The predicted molar refractivity (Wildman–Crippen MR) is 236 cm³/mol. The number of para-hydroxylation sites is 2. The Morgan fingerprint density at radius 1 is 0.321 bits per heavy atom. The quantitative estimate of drug-likeness (QED) is 0.158. The van der Waals surface area contributed by atoms with E-state index in [-0.39, 0.29) is 10.8 Å². The standard InChI is InChI=1S/C54H38N2/c1-53(2)41-17-9-5-13-35(41)39-29-31(21-25-43(39)53)33-23-27-47-51-49(33)37-15-7-11-19-45(37)55(51)48-28-24-34(50-38-16-8-12-20-46(38)56(47)52(48)50)32-22-26-44-40(30-32)36-14-6-10-18-42(36)54(44,3)4/h5-30H,1-4H3. The second-order valence-corrected chi connectivity index (χ2v) is 17.3. The molecule has 3 aromatic heterocycles. The second-order valence-electron chi connectivity index (χ2n) is 17.3. The predicted octanol–water partition coefficient (Wildman–Crippen LogP) is 14.2. The van der Waals surface area contributed by atoms with Crippen LogP contribution in [0.3, 0.4) is 0 Å². The molecular formula is C54H38N2. The lowest BCUT2D eigenvalue weighted by Gasteiger charge is -2.21. The molecule has 0 amide bonds. The Morgan fingerprint density at radius 3 is 1.18 bits per heavy atom. The van der Waals surface area contributed by atoms with Gasteiger partial charge in [0.05, 0.1) is 33.1 Å². The molecule has 0 aliphatic heterocycles. The molecule has 0 spiro atoms. The molecule has 2 heteroatoms. The molecule has 0 fully saturated rings. The third kappa shape index (κ3) is 3.55. The van der Waals surface area contributed by atoms with Gasteiger partial charge < -0.3 is 8.80 Å². The van der Waals surface area contributed by atoms with Crippen molar-refractivity contribution in [2.75, 3.05) is 0 Å². The van der Waals surface area contributed by atoms with Crippen molar-refractivity contribution in [3.05, 3.63) is 180 Å². The highest BCUT2D eigenvalue weighted by Gasteiger charge is 2.37. The molecule has 2 aliphatic rings. The second kappa shape index (κ2) is 10.2. The Morgan fingerprint density at radius 2 is 0.714 bits per heavy atom. The Hall–Kier alpha value is -6.64. The highest BCUT2D eigenvalue weighted by molar-refractivity contribution is 6.26. The fourth-order valence-electron chi connectivity index (χ4n) is 11.3. The maximum Gasteiger partial charge on any atom is 0.0789 e. The number of rotatable bonds is 2. The fraction of sp³-hybridized carbons (Fsp3) is 0.111. The highest BCUT2D eigenvalue weighted by atomic mass is 15.0. The van der Waals surface area contributed by atoms with E-state index in [9.17, 15) is 0 Å². The number of nitrogens with zero attached hydrogens (tertiary/aromatic N) is 2. The van der Waals surface area contributed by atoms with E-state index in [4.69, 9.17) is 0 Å². The maximum absolute atomic E-state index is 2.56. The van der Waals surface area contributed by atoms with Crippen molar-refractivity contribution < 1.29 is 0 Å². The fourth-order valence-corrected chi connectivity index (χ4v) is 11.3. The smallest absolute Gasteiger partial charge is 0.0789 e. The van der Waals surface area contributed by atoms with Gasteiger partial charge in [-0.25, -0.2) is 0 Å². The Bertz CT molecular complexity index is 3290. The van der Waals surface area contributed by atoms with Gasteiger partial charge in [-0.15, -0.1) is 0 Å². The molecule has 0 saturated heterocycles. The Balaban J connectivity index is 1.13. The summed E-state index contributed by atoms with van der Waals surface area (Å²) in [5, 5.41) is 5.19. The molecule has 8 aromatic carbocycles. The zero-order valence-corrected chi connectivity index (χ0v) is 31.9. The molecule has 2 aliphatic carbocycles. The SMILES string of the molecule is CC1(C)c2ccccc2-c2cc(-c3ccc4c5c3c3ccccc3n5c3ccc(-c5ccc6c(c5)-c5ccccc5C6(C)C)c5c6ccccc6n4c53)ccc21. The molecule has 0 bridgehead atoms. The van der Waals surface area contributed by atoms with Gasteiger partial charge in [-0.2, -0.15) is 0 Å². The summed E-state index contributed by atoms with van der Waals surface area (Å²) in [7, 11) is 0. The van der Waals surface area contributed by atoms with Crippen LogP contribution in [0.25, 0.3) is 99.2 Å². The first-order chi connectivity index (χ1) is 27.3. The molecular weight excluding hydrogens is 677 g/mol. The van der Waals surface area contributed by atoms with Crippen LogP contribution in [0.4, 0.5) is 0 Å². The van der Waals surface area contributed by atoms with Gasteiger partial charge in [-0.1, -0.05) is 149 Å². The molecule has 11 aromatic rings. The summed E-state index contributed by atoms with van der Waals surface area (Å²) < 4.78 is 5.11. The minimum absolute atomic E-state index is 0.0230. The van der Waals surface area contributed by atoms with Gasteiger partial charge in [-0.05, 0) is 103 Å². The first-order valence-corrected chi connectivity index (χ1v) is 19.9. The Labute approximate surface area is 325 Å². The number of hydrogen-bond donors (Lipinski definition) is 0. The van der Waals surface area contributed by atoms with Gasteiger partial charge in [-0.3, -0.25) is 0 Å². The van der Waals surface area contributed by atoms with Crippen molar-refractivity contribution in [2.24, 2.45) is 0 Å². The van der Waals surface area contributed by atoms with Crippen molar-refractivity contribution in [3.8, 4) is 44.5 Å². The van der Waals surface area contributed by atoms with Crippen LogP contribution in [0, 0.1) is 0 Å². The molecule has 2 nitrogen and oxygen atoms in total. The molecule has 56 heavy (non-hydrogen) atoms. The van der Waals surface area contributed by atoms with Crippen LogP contribution < -0.4 is 0 Å². The summed E-state index contributed by atoms with van der Waals surface area (Å²) in [4.78, 5) is 0. The average Bonchev–Trinajstić information content (AvgIpc) is 3.90. The van der Waals surface area contributed by atoms with Crippen LogP contribution in [0.1, 0.15) is 49.9 Å². The summed E-state index contributed by atoms with van der Waals surface area (Å²) >= 11 is 0. The lowest BCUT2D eigenvalue weighted by atomic mass is 9.82. The van der Waals surface area contributed by atoms with E-state index in [0.29, 0.717) is 0 Å². The molecule has 0 radical (unpaired) electrons. The molecule has 13 rings (SSSR count). The van der Waals surface area contributed by atoms with Crippen molar-refractivity contribution >= 4 is 54.6 Å². The first kappa shape index (κ1) is 30.7. The van der Waals surface area contributed by atoms with E-state index >= 15 is 0 Å². The first-order valence-electron chi connectivity index (χ1n) is 19.9. The zero-order chi connectivity index (χ0) is 37.2. The van der Waals surface area contributed by atoms with Gasteiger partial charge in [0.2, 0.25) is 0 Å². The largest absolute Gasteiger partial charge is 0.305 e. The van der Waals surface area contributed by atoms with Crippen LogP contribution in [-0.4, -0.2) is 8.80 Å². The van der Waals surface area contributed by atoms with E-state index in [1.165, 1.54) is 121 Å². The van der Waals surface area contributed by atoms with Crippen LogP contribution in [-0.2, 0) is 10.8 Å². The van der Waals surface area contributed by atoms with Crippen molar-refractivity contribution in [1.29, 1.82) is 0 Å². The van der Waals surface area contributed by atoms with E-state index in [1.807, 2.05) is 0 Å². The lowest BCUT2D eigenvalue weighted by Crippen LogP contribution is -2.14. The highest BCUT2D eigenvalue weighted by Crippen LogP contribution is 2.53. The average molecular weight is 715 g/mol. The molecule has 3 heterocycles. The summed E-state index contributed by atoms with van der Waals surface area (Å²) in [5.74, 6) is 0. The Kier molecular flexibility index (Phi) is 5.56. The number of aromatic nitrogens is 2. The van der Waals surface area contributed by atoms with Crippen LogP contribution in [0.15, 0.2) is 158 Å².